The summed E-state index contributed by atoms with van der Waals surface area (Å²) in [7, 11) is 0. The number of amides is 1. The highest BCUT2D eigenvalue weighted by Crippen LogP contribution is 2.37. The Morgan fingerprint density at radius 2 is 2.04 bits per heavy atom. The fourth-order valence-corrected chi connectivity index (χ4v) is 3.31. The smallest absolute Gasteiger partial charge is 0.282 e. The minimum absolute atomic E-state index is 0.203. The molecule has 3 aliphatic rings. The van der Waals surface area contributed by atoms with E-state index >= 15 is 0 Å². The van der Waals surface area contributed by atoms with Gasteiger partial charge in [0.1, 0.15) is 5.69 Å². The first-order chi connectivity index (χ1) is 13.3. The predicted molar refractivity (Wildman–Crippen MR) is 103 cm³/mol. The van der Waals surface area contributed by atoms with E-state index in [0.29, 0.717) is 24.1 Å². The molecule has 0 atom stereocenters. The first-order valence-corrected chi connectivity index (χ1v) is 9.71. The Kier molecular flexibility index (Phi) is 6.34. The van der Waals surface area contributed by atoms with Crippen molar-refractivity contribution in [3.63, 3.8) is 0 Å². The van der Waals surface area contributed by atoms with Crippen molar-refractivity contribution >= 4 is 11.6 Å². The molecule has 4 N–H and O–H groups in total. The van der Waals surface area contributed by atoms with Crippen LogP contribution < -0.4 is 20.7 Å². The summed E-state index contributed by atoms with van der Waals surface area (Å²) in [6, 6.07) is 3.53. The van der Waals surface area contributed by atoms with Crippen molar-refractivity contribution in [3.8, 4) is 5.88 Å². The Balaban J connectivity index is 0.000000178. The van der Waals surface area contributed by atoms with Gasteiger partial charge in [0, 0.05) is 12.6 Å². The Morgan fingerprint density at radius 3 is 2.61 bits per heavy atom. The van der Waals surface area contributed by atoms with Crippen molar-refractivity contribution in [2.24, 2.45) is 11.7 Å². The number of primary amides is 1. The molecule has 3 fully saturated rings. The standard InChI is InChI=1S/C12H14F2N2O.C7H14N3O/c13-12(14)7-16(8-12)10-2-1-5-15-11(10)17-6-9-3-4-9;8-6(11)5-7(9)1-3-10-4-2-7/h1-2,5,9H,3-4,6-8H2;9-10H,1-5H2,(H2,8,11)/q;-1. The van der Waals surface area contributed by atoms with Crippen molar-refractivity contribution < 1.29 is 18.3 Å². The van der Waals surface area contributed by atoms with Crippen LogP contribution in [-0.4, -0.2) is 55.1 Å². The first-order valence-electron chi connectivity index (χ1n) is 9.71. The number of hydrogen-bond donors (Lipinski definition) is 2. The average Bonchev–Trinajstić information content (AvgIpc) is 3.43. The van der Waals surface area contributed by atoms with Crippen LogP contribution in [0.1, 0.15) is 32.1 Å². The Morgan fingerprint density at radius 1 is 1.36 bits per heavy atom. The number of pyridine rings is 1. The van der Waals surface area contributed by atoms with E-state index in [-0.39, 0.29) is 25.4 Å². The number of alkyl halides is 2. The molecule has 0 bridgehead atoms. The average molecular weight is 396 g/mol. The van der Waals surface area contributed by atoms with Gasteiger partial charge in [-0.3, -0.25) is 4.79 Å². The molecule has 156 valence electrons. The third kappa shape index (κ3) is 6.00. The van der Waals surface area contributed by atoms with Crippen molar-refractivity contribution in [1.82, 2.24) is 10.3 Å². The normalized spacial score (nSPS) is 22.5. The van der Waals surface area contributed by atoms with E-state index < -0.39 is 11.5 Å². The van der Waals surface area contributed by atoms with Gasteiger partial charge in [-0.25, -0.2) is 13.8 Å². The molecule has 0 radical (unpaired) electrons. The molecule has 1 aromatic heterocycles. The van der Waals surface area contributed by atoms with Crippen LogP contribution in [0.25, 0.3) is 5.73 Å². The SMILES string of the molecule is FC1(F)CN(c2cccnc2OCC2CC2)C1.[NH-]C1(CC(N)=O)CCNCC1. The molecule has 7 nitrogen and oxygen atoms in total. The van der Waals surface area contributed by atoms with Gasteiger partial charge in [-0.1, -0.05) is 12.8 Å². The highest BCUT2D eigenvalue weighted by molar-refractivity contribution is 5.75. The molecule has 1 saturated carbocycles. The van der Waals surface area contributed by atoms with Crippen LogP contribution in [0.15, 0.2) is 18.3 Å². The lowest BCUT2D eigenvalue weighted by molar-refractivity contribution is -0.119. The molecule has 2 saturated heterocycles. The Labute approximate surface area is 163 Å². The monoisotopic (exact) mass is 396 g/mol. The van der Waals surface area contributed by atoms with Gasteiger partial charge in [-0.05, 0) is 44.0 Å². The summed E-state index contributed by atoms with van der Waals surface area (Å²) in [6.45, 7) is 1.83. The molecule has 2 aliphatic heterocycles. The molecule has 9 heteroatoms. The van der Waals surface area contributed by atoms with Crippen molar-refractivity contribution in [2.75, 3.05) is 37.7 Å². The molecule has 0 unspecified atom stereocenters. The quantitative estimate of drug-likeness (QED) is 0.768. The van der Waals surface area contributed by atoms with E-state index in [2.05, 4.69) is 10.3 Å². The molecule has 1 aromatic rings. The molecular formula is C19H28F2N5O2-. The number of nitrogens with zero attached hydrogens (tertiary/aromatic N) is 2. The topological polar surface area (TPSA) is 104 Å². The number of rotatable bonds is 6. The predicted octanol–water partition coefficient (Wildman–Crippen LogP) is 2.36. The summed E-state index contributed by atoms with van der Waals surface area (Å²) in [5, 5.41) is 3.14. The van der Waals surface area contributed by atoms with Gasteiger partial charge < -0.3 is 26.4 Å². The van der Waals surface area contributed by atoms with E-state index in [4.69, 9.17) is 16.2 Å². The van der Waals surface area contributed by atoms with Gasteiger partial charge in [0.15, 0.2) is 0 Å². The summed E-state index contributed by atoms with van der Waals surface area (Å²) < 4.78 is 31.2. The maximum absolute atomic E-state index is 12.8. The Hall–Kier alpha value is -2.00. The molecule has 0 aromatic carbocycles. The number of ether oxygens (including phenoxy) is 1. The Bertz CT molecular complexity index is 670. The second kappa shape index (κ2) is 8.57. The zero-order valence-corrected chi connectivity index (χ0v) is 15.9. The fourth-order valence-electron chi connectivity index (χ4n) is 3.31. The highest BCUT2D eigenvalue weighted by atomic mass is 19.3. The highest BCUT2D eigenvalue weighted by Gasteiger charge is 2.45. The van der Waals surface area contributed by atoms with Gasteiger partial charge in [0.2, 0.25) is 11.8 Å². The number of nitrogens with one attached hydrogen (secondary N) is 2. The van der Waals surface area contributed by atoms with Crippen molar-refractivity contribution in [1.29, 1.82) is 0 Å². The lowest BCUT2D eigenvalue weighted by Crippen LogP contribution is -2.56. The maximum Gasteiger partial charge on any atom is 0.282 e. The third-order valence-corrected chi connectivity index (χ3v) is 5.16. The zero-order chi connectivity index (χ0) is 20.2. The molecular weight excluding hydrogens is 368 g/mol. The summed E-state index contributed by atoms with van der Waals surface area (Å²) in [5.74, 6) is -1.82. The molecule has 28 heavy (non-hydrogen) atoms. The molecule has 1 amide bonds. The third-order valence-electron chi connectivity index (χ3n) is 5.16. The van der Waals surface area contributed by atoms with Crippen molar-refractivity contribution in [3.05, 3.63) is 24.1 Å². The number of aromatic nitrogens is 1. The number of anilines is 1. The summed E-state index contributed by atoms with van der Waals surface area (Å²) in [5.41, 5.74) is 12.9. The number of piperidine rings is 1. The van der Waals surface area contributed by atoms with Gasteiger partial charge in [0.05, 0.1) is 19.7 Å². The molecule has 1 aliphatic carbocycles. The summed E-state index contributed by atoms with van der Waals surface area (Å²) in [4.78, 5) is 16.3. The minimum atomic E-state index is -2.57. The fraction of sp³-hybridized carbons (Fsp3) is 0.684. The van der Waals surface area contributed by atoms with Gasteiger partial charge in [0.25, 0.3) is 5.92 Å². The largest absolute Gasteiger partial charge is 0.671 e. The number of carbonyl (C=O) groups excluding carboxylic acids is 1. The number of nitrogens with two attached hydrogens (primary N) is 1. The zero-order valence-electron chi connectivity index (χ0n) is 15.9. The lowest BCUT2D eigenvalue weighted by atomic mass is 9.86. The van der Waals surface area contributed by atoms with E-state index in [0.717, 1.165) is 25.9 Å². The van der Waals surface area contributed by atoms with Crippen LogP contribution >= 0.6 is 0 Å². The number of carbonyl (C=O) groups is 1. The molecule has 4 rings (SSSR count). The second-order valence-electron chi connectivity index (χ2n) is 7.97. The van der Waals surface area contributed by atoms with E-state index in [9.17, 15) is 13.6 Å². The first kappa shape index (κ1) is 20.7. The van der Waals surface area contributed by atoms with Crippen LogP contribution in [0.4, 0.5) is 14.5 Å². The van der Waals surface area contributed by atoms with Gasteiger partial charge in [-0.2, -0.15) is 0 Å². The van der Waals surface area contributed by atoms with Crippen LogP contribution in [0.3, 0.4) is 0 Å². The van der Waals surface area contributed by atoms with Crippen LogP contribution in [0.2, 0.25) is 0 Å². The van der Waals surface area contributed by atoms with Crippen LogP contribution in [-0.2, 0) is 4.79 Å². The lowest BCUT2D eigenvalue weighted by Gasteiger charge is -2.41. The summed E-state index contributed by atoms with van der Waals surface area (Å²) in [6.07, 6.45) is 5.69. The van der Waals surface area contributed by atoms with Crippen molar-refractivity contribution in [2.45, 2.75) is 43.6 Å². The second-order valence-corrected chi connectivity index (χ2v) is 7.97. The van der Waals surface area contributed by atoms with Crippen LogP contribution in [0, 0.1) is 5.92 Å². The summed E-state index contributed by atoms with van der Waals surface area (Å²) >= 11 is 0. The number of hydrogen-bond acceptors (Lipinski definition) is 5. The van der Waals surface area contributed by atoms with E-state index in [1.54, 1.807) is 23.2 Å². The maximum atomic E-state index is 12.8. The van der Waals surface area contributed by atoms with Gasteiger partial charge >= 0.3 is 0 Å². The minimum Gasteiger partial charge on any atom is -0.671 e. The molecule has 0 spiro atoms. The van der Waals surface area contributed by atoms with E-state index in [1.165, 1.54) is 12.8 Å². The van der Waals surface area contributed by atoms with Crippen LogP contribution in [0.5, 0.6) is 5.88 Å². The number of halogens is 2. The van der Waals surface area contributed by atoms with Gasteiger partial charge in [-0.15, -0.1) is 5.54 Å². The van der Waals surface area contributed by atoms with E-state index in [1.807, 2.05) is 0 Å². The molecule has 3 heterocycles.